The maximum atomic E-state index is 13.4. The lowest BCUT2D eigenvalue weighted by atomic mass is 10.00. The van der Waals surface area contributed by atoms with E-state index in [1.54, 1.807) is 18.3 Å². The number of benzene rings is 2. The molecule has 3 rings (SSSR count). The molecule has 1 unspecified atom stereocenters. The van der Waals surface area contributed by atoms with Crippen LogP contribution in [0.3, 0.4) is 0 Å². The summed E-state index contributed by atoms with van der Waals surface area (Å²) in [6, 6.07) is 12.0. The number of hydrogen-bond acceptors (Lipinski definition) is 2. The summed E-state index contributed by atoms with van der Waals surface area (Å²) in [4.78, 5) is 17.4. The topological polar surface area (TPSA) is 46.9 Å². The average molecular weight is 394 g/mol. The zero-order chi connectivity index (χ0) is 21.2. The minimum atomic E-state index is -0.347. The van der Waals surface area contributed by atoms with Crippen molar-refractivity contribution in [1.82, 2.24) is 14.9 Å². The fourth-order valence-electron chi connectivity index (χ4n) is 3.18. The molecule has 0 saturated carbocycles. The van der Waals surface area contributed by atoms with Crippen LogP contribution < -0.4 is 5.32 Å². The van der Waals surface area contributed by atoms with E-state index < -0.39 is 0 Å². The van der Waals surface area contributed by atoms with E-state index in [2.05, 4.69) is 24.1 Å². The molecule has 0 aliphatic rings. The van der Waals surface area contributed by atoms with Crippen LogP contribution in [-0.4, -0.2) is 21.0 Å². The van der Waals surface area contributed by atoms with E-state index in [0.29, 0.717) is 5.56 Å². The molecule has 1 amide bonds. The molecule has 4 nitrogen and oxygen atoms in total. The van der Waals surface area contributed by atoms with E-state index >= 15 is 0 Å². The summed E-state index contributed by atoms with van der Waals surface area (Å²) in [6.07, 6.45) is 4.66. The van der Waals surface area contributed by atoms with E-state index in [9.17, 15) is 9.18 Å². The molecule has 5 heteroatoms. The van der Waals surface area contributed by atoms with Gasteiger partial charge in [-0.05, 0) is 68.7 Å². The summed E-state index contributed by atoms with van der Waals surface area (Å²) in [7, 11) is 0. The van der Waals surface area contributed by atoms with E-state index in [-0.39, 0.29) is 23.2 Å². The molecule has 152 valence electrons. The van der Waals surface area contributed by atoms with Crippen molar-refractivity contribution in [3.63, 3.8) is 0 Å². The molecule has 0 saturated heterocycles. The Bertz CT molecular complexity index is 1000. The number of carbonyl (C=O) groups is 1. The van der Waals surface area contributed by atoms with Crippen LogP contribution in [0.1, 0.15) is 63.1 Å². The van der Waals surface area contributed by atoms with E-state index in [1.165, 1.54) is 12.1 Å². The van der Waals surface area contributed by atoms with Crippen molar-refractivity contribution in [3.05, 3.63) is 72.1 Å². The molecule has 0 aliphatic carbocycles. The van der Waals surface area contributed by atoms with Crippen LogP contribution in [0.4, 0.5) is 4.39 Å². The molecule has 1 aromatic heterocycles. The molecule has 1 N–H and O–H groups in total. The normalized spacial score (nSPS) is 12.6. The number of aromatic nitrogens is 2. The summed E-state index contributed by atoms with van der Waals surface area (Å²) in [5.41, 5.74) is 2.77. The monoisotopic (exact) mass is 393 g/mol. The largest absolute Gasteiger partial charge is 0.347 e. The highest BCUT2D eigenvalue weighted by Gasteiger charge is 2.18. The van der Waals surface area contributed by atoms with E-state index in [4.69, 9.17) is 0 Å². The standard InChI is InChI=1S/C24H28FN3O/c1-6-16(2)22-26-11-12-28(22)21-14-18(17-7-9-20(25)10-8-17)13-19(15-21)23(29)27-24(3,4)5/h7-16H,6H2,1-5H3,(H,27,29). The third-order valence-corrected chi connectivity index (χ3v) is 4.85. The third kappa shape index (κ3) is 4.91. The second kappa shape index (κ2) is 8.19. The first-order valence-electron chi connectivity index (χ1n) is 9.95. The van der Waals surface area contributed by atoms with Gasteiger partial charge in [0.25, 0.3) is 5.91 Å². The summed E-state index contributed by atoms with van der Waals surface area (Å²) >= 11 is 0. The smallest absolute Gasteiger partial charge is 0.251 e. The van der Waals surface area contributed by atoms with Gasteiger partial charge in [0, 0.05) is 35.1 Å². The van der Waals surface area contributed by atoms with Crippen LogP contribution in [-0.2, 0) is 0 Å². The minimum absolute atomic E-state index is 0.145. The number of nitrogens with zero attached hydrogens (tertiary/aromatic N) is 2. The Morgan fingerprint density at radius 3 is 2.45 bits per heavy atom. The van der Waals surface area contributed by atoms with Gasteiger partial charge < -0.3 is 9.88 Å². The van der Waals surface area contributed by atoms with Crippen molar-refractivity contribution in [2.75, 3.05) is 0 Å². The van der Waals surface area contributed by atoms with Crippen molar-refractivity contribution in [2.45, 2.75) is 52.5 Å². The van der Waals surface area contributed by atoms with Crippen LogP contribution in [0.2, 0.25) is 0 Å². The summed E-state index contributed by atoms with van der Waals surface area (Å²) in [6.45, 7) is 10.1. The molecule has 1 atom stereocenters. The molecule has 29 heavy (non-hydrogen) atoms. The molecule has 0 spiro atoms. The molecule has 0 bridgehead atoms. The molecule has 1 heterocycles. The first-order valence-corrected chi connectivity index (χ1v) is 9.95. The zero-order valence-corrected chi connectivity index (χ0v) is 17.7. The predicted molar refractivity (Wildman–Crippen MR) is 115 cm³/mol. The fraction of sp³-hybridized carbons (Fsp3) is 0.333. The van der Waals surface area contributed by atoms with Crippen molar-refractivity contribution >= 4 is 5.91 Å². The van der Waals surface area contributed by atoms with Crippen LogP contribution >= 0.6 is 0 Å². The van der Waals surface area contributed by atoms with Gasteiger partial charge in [-0.25, -0.2) is 9.37 Å². The van der Waals surface area contributed by atoms with Crippen LogP contribution in [0.5, 0.6) is 0 Å². The first kappa shape index (κ1) is 20.8. The zero-order valence-electron chi connectivity index (χ0n) is 17.7. The minimum Gasteiger partial charge on any atom is -0.347 e. The Kier molecular flexibility index (Phi) is 5.87. The van der Waals surface area contributed by atoms with Gasteiger partial charge in [0.15, 0.2) is 0 Å². The van der Waals surface area contributed by atoms with Gasteiger partial charge in [-0.1, -0.05) is 26.0 Å². The van der Waals surface area contributed by atoms with Crippen molar-refractivity contribution in [1.29, 1.82) is 0 Å². The Hall–Kier alpha value is -2.95. The quantitative estimate of drug-likeness (QED) is 0.603. The number of halogens is 1. The molecule has 2 aromatic carbocycles. The number of imidazole rings is 1. The van der Waals surface area contributed by atoms with Gasteiger partial charge in [-0.3, -0.25) is 4.79 Å². The van der Waals surface area contributed by atoms with E-state index in [1.807, 2.05) is 49.7 Å². The second-order valence-corrected chi connectivity index (χ2v) is 8.44. The summed E-state index contributed by atoms with van der Waals surface area (Å²) < 4.78 is 15.4. The first-order chi connectivity index (χ1) is 13.7. The second-order valence-electron chi connectivity index (χ2n) is 8.44. The highest BCUT2D eigenvalue weighted by molar-refractivity contribution is 5.96. The lowest BCUT2D eigenvalue weighted by Gasteiger charge is -2.21. The number of hydrogen-bond donors (Lipinski definition) is 1. The highest BCUT2D eigenvalue weighted by atomic mass is 19.1. The Balaban J connectivity index is 2.14. The summed E-state index contributed by atoms with van der Waals surface area (Å²) in [5, 5.41) is 3.02. The molecule has 0 fully saturated rings. The van der Waals surface area contributed by atoms with Crippen LogP contribution in [0.15, 0.2) is 54.9 Å². The number of rotatable bonds is 5. The maximum Gasteiger partial charge on any atom is 0.251 e. The van der Waals surface area contributed by atoms with Gasteiger partial charge in [0.2, 0.25) is 0 Å². The van der Waals surface area contributed by atoms with Gasteiger partial charge in [-0.2, -0.15) is 0 Å². The third-order valence-electron chi connectivity index (χ3n) is 4.85. The molecule has 0 aliphatic heterocycles. The van der Waals surface area contributed by atoms with Gasteiger partial charge in [0.1, 0.15) is 11.6 Å². The van der Waals surface area contributed by atoms with Gasteiger partial charge in [0.05, 0.1) is 0 Å². The Morgan fingerprint density at radius 1 is 1.14 bits per heavy atom. The molecular formula is C24H28FN3O. The SMILES string of the molecule is CCC(C)c1nccn1-c1cc(C(=O)NC(C)(C)C)cc(-c2ccc(F)cc2)c1. The Labute approximate surface area is 171 Å². The average Bonchev–Trinajstić information content (AvgIpc) is 3.16. The van der Waals surface area contributed by atoms with Gasteiger partial charge in [-0.15, -0.1) is 0 Å². The van der Waals surface area contributed by atoms with Crippen LogP contribution in [0, 0.1) is 5.82 Å². The number of amides is 1. The number of nitrogens with one attached hydrogen (secondary N) is 1. The maximum absolute atomic E-state index is 13.4. The van der Waals surface area contributed by atoms with Gasteiger partial charge >= 0.3 is 0 Å². The van der Waals surface area contributed by atoms with Crippen LogP contribution in [0.25, 0.3) is 16.8 Å². The molecule has 3 aromatic rings. The fourth-order valence-corrected chi connectivity index (χ4v) is 3.18. The molecule has 0 radical (unpaired) electrons. The highest BCUT2D eigenvalue weighted by Crippen LogP contribution is 2.27. The lowest BCUT2D eigenvalue weighted by molar-refractivity contribution is 0.0919. The lowest BCUT2D eigenvalue weighted by Crippen LogP contribution is -2.40. The molecular weight excluding hydrogens is 365 g/mol. The predicted octanol–water partition coefficient (Wildman–Crippen LogP) is 5.72. The number of carbonyl (C=O) groups excluding carboxylic acids is 1. The van der Waals surface area contributed by atoms with Crippen molar-refractivity contribution in [2.24, 2.45) is 0 Å². The van der Waals surface area contributed by atoms with Crippen molar-refractivity contribution in [3.8, 4) is 16.8 Å². The van der Waals surface area contributed by atoms with E-state index in [0.717, 1.165) is 29.1 Å². The Morgan fingerprint density at radius 2 is 1.83 bits per heavy atom. The summed E-state index contributed by atoms with van der Waals surface area (Å²) in [5.74, 6) is 0.800. The van der Waals surface area contributed by atoms with Crippen molar-refractivity contribution < 1.29 is 9.18 Å².